The summed E-state index contributed by atoms with van der Waals surface area (Å²) in [5.41, 5.74) is 2.35. The molecule has 0 aliphatic carbocycles. The van der Waals surface area contributed by atoms with Gasteiger partial charge in [0.1, 0.15) is 17.4 Å². The second-order valence-corrected chi connectivity index (χ2v) is 6.45. The van der Waals surface area contributed by atoms with Crippen LogP contribution in [0.1, 0.15) is 23.9 Å². The highest BCUT2D eigenvalue weighted by molar-refractivity contribution is 14.0. The summed E-state index contributed by atoms with van der Waals surface area (Å²) in [4.78, 5) is 8.37. The van der Waals surface area contributed by atoms with E-state index in [0.717, 1.165) is 22.7 Å². The molecular weight excluding hydrogens is 496 g/mol. The van der Waals surface area contributed by atoms with E-state index in [0.29, 0.717) is 31.3 Å². The highest BCUT2D eigenvalue weighted by Crippen LogP contribution is 2.18. The Balaban J connectivity index is 0.00000320. The molecule has 1 heterocycles. The van der Waals surface area contributed by atoms with Crippen LogP contribution in [-0.4, -0.2) is 29.2 Å². The van der Waals surface area contributed by atoms with E-state index in [1.165, 1.54) is 6.07 Å². The van der Waals surface area contributed by atoms with E-state index >= 15 is 0 Å². The van der Waals surface area contributed by atoms with Crippen molar-refractivity contribution in [2.45, 2.75) is 26.9 Å². The fourth-order valence-electron chi connectivity index (χ4n) is 3.02. The molecule has 0 radical (unpaired) electrons. The zero-order chi connectivity index (χ0) is 20.6. The molecule has 0 unspecified atom stereocenters. The Labute approximate surface area is 193 Å². The molecule has 8 heteroatoms. The van der Waals surface area contributed by atoms with Crippen molar-refractivity contribution in [1.29, 1.82) is 0 Å². The van der Waals surface area contributed by atoms with Crippen molar-refractivity contribution in [2.75, 3.05) is 13.7 Å². The van der Waals surface area contributed by atoms with Gasteiger partial charge in [-0.1, -0.05) is 24.3 Å². The normalized spacial score (nSPS) is 11.0. The van der Waals surface area contributed by atoms with Crippen LogP contribution in [0.2, 0.25) is 0 Å². The van der Waals surface area contributed by atoms with Crippen LogP contribution in [0.5, 0.6) is 5.75 Å². The smallest absolute Gasteiger partial charge is 0.191 e. The zero-order valence-corrected chi connectivity index (χ0v) is 19.7. The van der Waals surface area contributed by atoms with Gasteiger partial charge in [0.05, 0.1) is 12.3 Å². The number of hydrogen-bond acceptors (Lipinski definition) is 3. The lowest BCUT2D eigenvalue weighted by molar-refractivity contribution is 0.336. The summed E-state index contributed by atoms with van der Waals surface area (Å²) in [5.74, 6) is 1.93. The Morgan fingerprint density at radius 3 is 2.60 bits per heavy atom. The van der Waals surface area contributed by atoms with E-state index in [2.05, 4.69) is 20.6 Å². The Morgan fingerprint density at radius 2 is 1.93 bits per heavy atom. The van der Waals surface area contributed by atoms with E-state index < -0.39 is 0 Å². The van der Waals surface area contributed by atoms with Gasteiger partial charge in [-0.15, -0.1) is 24.0 Å². The molecule has 0 bridgehead atoms. The Morgan fingerprint density at radius 1 is 1.17 bits per heavy atom. The maximum Gasteiger partial charge on any atom is 0.191 e. The van der Waals surface area contributed by atoms with Gasteiger partial charge in [0.2, 0.25) is 0 Å². The minimum atomic E-state index is -0.293. The molecule has 0 spiro atoms. The topological polar surface area (TPSA) is 63.5 Å². The quantitative estimate of drug-likeness (QED) is 0.277. The SMILES string of the molecule is CCOc1ccccc1CNC(=NC)NCc1ccc(-n2ccnc2C)c(F)c1.I. The van der Waals surface area contributed by atoms with Gasteiger partial charge >= 0.3 is 0 Å². The summed E-state index contributed by atoms with van der Waals surface area (Å²) in [6, 6.07) is 13.1. The number of aryl methyl sites for hydroxylation is 1. The average molecular weight is 523 g/mol. The summed E-state index contributed by atoms with van der Waals surface area (Å²) < 4.78 is 21.9. The van der Waals surface area contributed by atoms with Gasteiger partial charge in [-0.3, -0.25) is 4.99 Å². The average Bonchev–Trinajstić information content (AvgIpc) is 3.15. The minimum absolute atomic E-state index is 0. The number of ether oxygens (including phenoxy) is 1. The molecule has 0 aliphatic heterocycles. The van der Waals surface area contributed by atoms with E-state index in [4.69, 9.17) is 4.74 Å². The van der Waals surface area contributed by atoms with E-state index in [1.807, 2.05) is 44.2 Å². The monoisotopic (exact) mass is 523 g/mol. The number of guanidine groups is 1. The van der Waals surface area contributed by atoms with Crippen LogP contribution in [-0.2, 0) is 13.1 Å². The predicted molar refractivity (Wildman–Crippen MR) is 128 cm³/mol. The van der Waals surface area contributed by atoms with Crippen molar-refractivity contribution in [1.82, 2.24) is 20.2 Å². The predicted octanol–water partition coefficient (Wildman–Crippen LogP) is 4.20. The van der Waals surface area contributed by atoms with Crippen LogP contribution in [0.4, 0.5) is 4.39 Å². The lowest BCUT2D eigenvalue weighted by Gasteiger charge is -2.15. The molecule has 6 nitrogen and oxygen atoms in total. The maximum atomic E-state index is 14.5. The first kappa shape index (κ1) is 23.7. The standard InChI is InChI=1S/C22H26FN5O.HI/c1-4-29-21-8-6-5-7-18(21)15-27-22(24-3)26-14-17-9-10-20(19(23)13-17)28-12-11-25-16(28)2;/h5-13H,4,14-15H2,1-3H3,(H2,24,26,27);1H. The highest BCUT2D eigenvalue weighted by atomic mass is 127. The van der Waals surface area contributed by atoms with E-state index in [1.54, 1.807) is 30.1 Å². The van der Waals surface area contributed by atoms with Crippen LogP contribution in [0.3, 0.4) is 0 Å². The van der Waals surface area contributed by atoms with Gasteiger partial charge in [0.25, 0.3) is 0 Å². The highest BCUT2D eigenvalue weighted by Gasteiger charge is 2.09. The number of nitrogens with one attached hydrogen (secondary N) is 2. The van der Waals surface area contributed by atoms with Crippen LogP contribution in [0, 0.1) is 12.7 Å². The molecule has 0 atom stereocenters. The van der Waals surface area contributed by atoms with Gasteiger partial charge in [-0.25, -0.2) is 9.37 Å². The molecule has 1 aromatic heterocycles. The molecule has 0 saturated carbocycles. The van der Waals surface area contributed by atoms with Crippen molar-refractivity contribution < 1.29 is 9.13 Å². The van der Waals surface area contributed by atoms with Gasteiger partial charge in [0.15, 0.2) is 5.96 Å². The molecular formula is C22H27FIN5O. The van der Waals surface area contributed by atoms with Crippen molar-refractivity contribution in [2.24, 2.45) is 4.99 Å². The maximum absolute atomic E-state index is 14.5. The molecule has 0 fully saturated rings. The van der Waals surface area contributed by atoms with Gasteiger partial charge in [-0.2, -0.15) is 0 Å². The second-order valence-electron chi connectivity index (χ2n) is 6.45. The molecule has 2 aromatic carbocycles. The van der Waals surface area contributed by atoms with Gasteiger partial charge in [0, 0.05) is 38.1 Å². The molecule has 160 valence electrons. The third-order valence-corrected chi connectivity index (χ3v) is 4.50. The third-order valence-electron chi connectivity index (χ3n) is 4.50. The Bertz CT molecular complexity index is 989. The number of nitrogens with zero attached hydrogens (tertiary/aromatic N) is 3. The summed E-state index contributed by atoms with van der Waals surface area (Å²) in [6.45, 7) is 5.44. The number of aliphatic imine (C=N–C) groups is 1. The van der Waals surface area contributed by atoms with Gasteiger partial charge in [-0.05, 0) is 37.6 Å². The Kier molecular flexibility index (Phi) is 9.10. The fourth-order valence-corrected chi connectivity index (χ4v) is 3.02. The first-order valence-electron chi connectivity index (χ1n) is 9.56. The Hall–Kier alpha value is -2.62. The largest absolute Gasteiger partial charge is 0.494 e. The van der Waals surface area contributed by atoms with E-state index in [9.17, 15) is 4.39 Å². The first-order chi connectivity index (χ1) is 14.1. The zero-order valence-electron chi connectivity index (χ0n) is 17.4. The van der Waals surface area contributed by atoms with Crippen molar-refractivity contribution in [3.8, 4) is 11.4 Å². The first-order valence-corrected chi connectivity index (χ1v) is 9.56. The number of imidazole rings is 1. The summed E-state index contributed by atoms with van der Waals surface area (Å²) in [6.07, 6.45) is 3.40. The van der Waals surface area contributed by atoms with Crippen molar-refractivity contribution >= 4 is 29.9 Å². The van der Waals surface area contributed by atoms with Crippen LogP contribution < -0.4 is 15.4 Å². The molecule has 0 saturated heterocycles. The molecule has 0 amide bonds. The third kappa shape index (κ3) is 5.94. The summed E-state index contributed by atoms with van der Waals surface area (Å²) >= 11 is 0. The summed E-state index contributed by atoms with van der Waals surface area (Å²) in [5, 5.41) is 6.48. The number of hydrogen-bond donors (Lipinski definition) is 2. The number of para-hydroxylation sites is 1. The number of halogens is 2. The summed E-state index contributed by atoms with van der Waals surface area (Å²) in [7, 11) is 1.70. The van der Waals surface area contributed by atoms with Gasteiger partial charge < -0.3 is 19.9 Å². The molecule has 0 aliphatic rings. The van der Waals surface area contributed by atoms with Crippen LogP contribution >= 0.6 is 24.0 Å². The minimum Gasteiger partial charge on any atom is -0.494 e. The van der Waals surface area contributed by atoms with Crippen LogP contribution in [0.15, 0.2) is 59.9 Å². The van der Waals surface area contributed by atoms with Crippen molar-refractivity contribution in [3.05, 3.63) is 77.6 Å². The number of rotatable bonds is 7. The second kappa shape index (κ2) is 11.5. The molecule has 2 N–H and O–H groups in total. The van der Waals surface area contributed by atoms with Crippen molar-refractivity contribution in [3.63, 3.8) is 0 Å². The number of aromatic nitrogens is 2. The van der Waals surface area contributed by atoms with Crippen LogP contribution in [0.25, 0.3) is 5.69 Å². The molecule has 30 heavy (non-hydrogen) atoms. The molecule has 3 rings (SSSR count). The van der Waals surface area contributed by atoms with E-state index in [-0.39, 0.29) is 29.8 Å². The number of benzene rings is 2. The fraction of sp³-hybridized carbons (Fsp3) is 0.273. The molecule has 3 aromatic rings. The lowest BCUT2D eigenvalue weighted by Crippen LogP contribution is -2.36. The lowest BCUT2D eigenvalue weighted by atomic mass is 10.2.